The Labute approximate surface area is 204 Å². The number of amides is 1. The third kappa shape index (κ3) is 5.65. The van der Waals surface area contributed by atoms with Crippen LogP contribution in [0.25, 0.3) is 11.3 Å². The normalized spacial score (nSPS) is 13.3. The van der Waals surface area contributed by atoms with Gasteiger partial charge in [-0.05, 0) is 49.4 Å². The number of carbonyl (C=O) groups is 1. The average Bonchev–Trinajstić information content (AvgIpc) is 2.90. The Morgan fingerprint density at radius 1 is 0.857 bits per heavy atom. The molecular weight excluding hydrogens is 438 g/mol. The number of aromatic nitrogens is 2. The highest BCUT2D eigenvalue weighted by atomic mass is 16.5. The highest BCUT2D eigenvalue weighted by Crippen LogP contribution is 2.23. The maximum atomic E-state index is 12.9. The molecular formula is C28H27N5O2. The van der Waals surface area contributed by atoms with E-state index in [1.165, 1.54) is 0 Å². The van der Waals surface area contributed by atoms with Crippen LogP contribution in [0.3, 0.4) is 0 Å². The minimum Gasteiger partial charge on any atom is -0.378 e. The summed E-state index contributed by atoms with van der Waals surface area (Å²) in [6, 6.07) is 27.2. The van der Waals surface area contributed by atoms with Gasteiger partial charge in [-0.3, -0.25) is 4.79 Å². The van der Waals surface area contributed by atoms with Gasteiger partial charge in [0.2, 0.25) is 0 Å². The quantitative estimate of drug-likeness (QED) is 0.403. The minimum absolute atomic E-state index is 0.170. The standard InChI is InChI=1S/C28H27N5O2/c1-20-29-26(21-6-3-2-4-7-21)19-27(30-20)31-24-9-5-8-22(18-24)28(34)32-23-10-12-25(13-11-23)33-14-16-35-17-15-33/h2-13,18-19H,14-17H2,1H3,(H,32,34)(H,29,30,31). The Morgan fingerprint density at radius 3 is 2.40 bits per heavy atom. The molecule has 1 amide bonds. The van der Waals surface area contributed by atoms with Gasteiger partial charge in [0.15, 0.2) is 0 Å². The van der Waals surface area contributed by atoms with Crippen molar-refractivity contribution in [2.75, 3.05) is 41.8 Å². The van der Waals surface area contributed by atoms with Gasteiger partial charge >= 0.3 is 0 Å². The van der Waals surface area contributed by atoms with Gasteiger partial charge < -0.3 is 20.3 Å². The van der Waals surface area contributed by atoms with E-state index in [0.29, 0.717) is 17.2 Å². The number of carbonyl (C=O) groups excluding carboxylic acids is 1. The average molecular weight is 466 g/mol. The molecule has 0 atom stereocenters. The first-order valence-corrected chi connectivity index (χ1v) is 11.7. The van der Waals surface area contributed by atoms with Crippen molar-refractivity contribution in [1.82, 2.24) is 9.97 Å². The van der Waals surface area contributed by atoms with Gasteiger partial charge in [-0.25, -0.2) is 9.97 Å². The fourth-order valence-electron chi connectivity index (χ4n) is 4.05. The van der Waals surface area contributed by atoms with Crippen molar-refractivity contribution < 1.29 is 9.53 Å². The van der Waals surface area contributed by atoms with E-state index in [1.54, 1.807) is 6.07 Å². The molecule has 0 radical (unpaired) electrons. The lowest BCUT2D eigenvalue weighted by atomic mass is 10.1. The summed E-state index contributed by atoms with van der Waals surface area (Å²) < 4.78 is 5.41. The van der Waals surface area contributed by atoms with Crippen molar-refractivity contribution in [3.8, 4) is 11.3 Å². The van der Waals surface area contributed by atoms with Crippen LogP contribution in [0, 0.1) is 6.92 Å². The minimum atomic E-state index is -0.170. The van der Waals surface area contributed by atoms with E-state index in [4.69, 9.17) is 4.74 Å². The van der Waals surface area contributed by atoms with Crippen LogP contribution in [0.5, 0.6) is 0 Å². The molecule has 1 aromatic heterocycles. The lowest BCUT2D eigenvalue weighted by Gasteiger charge is -2.28. The van der Waals surface area contributed by atoms with Crippen molar-refractivity contribution in [2.24, 2.45) is 0 Å². The molecule has 1 saturated heterocycles. The molecule has 1 aliphatic rings. The number of aryl methyl sites for hydroxylation is 1. The third-order valence-corrected chi connectivity index (χ3v) is 5.81. The predicted molar refractivity (Wildman–Crippen MR) is 139 cm³/mol. The number of benzene rings is 3. The van der Waals surface area contributed by atoms with Gasteiger partial charge in [-0.1, -0.05) is 36.4 Å². The second-order valence-electron chi connectivity index (χ2n) is 8.36. The lowest BCUT2D eigenvalue weighted by molar-refractivity contribution is 0.102. The molecule has 2 N–H and O–H groups in total. The van der Waals surface area contributed by atoms with Crippen LogP contribution in [0.2, 0.25) is 0 Å². The number of morpholine rings is 1. The van der Waals surface area contributed by atoms with Crippen LogP contribution in [-0.2, 0) is 4.74 Å². The predicted octanol–water partition coefficient (Wildman–Crippen LogP) is 5.28. The second kappa shape index (κ2) is 10.4. The number of hydrogen-bond acceptors (Lipinski definition) is 6. The molecule has 35 heavy (non-hydrogen) atoms. The smallest absolute Gasteiger partial charge is 0.255 e. The van der Waals surface area contributed by atoms with E-state index in [1.807, 2.05) is 85.8 Å². The molecule has 5 rings (SSSR count). The summed E-state index contributed by atoms with van der Waals surface area (Å²) >= 11 is 0. The van der Waals surface area contributed by atoms with Gasteiger partial charge in [0, 0.05) is 47.3 Å². The van der Waals surface area contributed by atoms with E-state index >= 15 is 0 Å². The van der Waals surface area contributed by atoms with Crippen LogP contribution in [0.4, 0.5) is 22.9 Å². The number of anilines is 4. The van der Waals surface area contributed by atoms with E-state index in [9.17, 15) is 4.79 Å². The number of rotatable bonds is 6. The summed E-state index contributed by atoms with van der Waals surface area (Å²) in [6.45, 7) is 5.11. The van der Waals surface area contributed by atoms with E-state index < -0.39 is 0 Å². The molecule has 0 bridgehead atoms. The highest BCUT2D eigenvalue weighted by Gasteiger charge is 2.12. The van der Waals surface area contributed by atoms with Crippen LogP contribution >= 0.6 is 0 Å². The van der Waals surface area contributed by atoms with Gasteiger partial charge in [0.25, 0.3) is 5.91 Å². The van der Waals surface area contributed by atoms with Crippen LogP contribution < -0.4 is 15.5 Å². The molecule has 1 fully saturated rings. The molecule has 7 nitrogen and oxygen atoms in total. The van der Waals surface area contributed by atoms with Gasteiger partial charge in [-0.2, -0.15) is 0 Å². The zero-order chi connectivity index (χ0) is 24.0. The maximum absolute atomic E-state index is 12.9. The Hall–Kier alpha value is -4.23. The molecule has 4 aromatic rings. The molecule has 0 spiro atoms. The number of hydrogen-bond donors (Lipinski definition) is 2. The Kier molecular flexibility index (Phi) is 6.68. The van der Waals surface area contributed by atoms with Crippen LogP contribution in [0.15, 0.2) is 84.9 Å². The summed E-state index contributed by atoms with van der Waals surface area (Å²) in [5, 5.41) is 6.29. The topological polar surface area (TPSA) is 79.4 Å². The molecule has 0 unspecified atom stereocenters. The molecule has 2 heterocycles. The van der Waals surface area contributed by atoms with E-state index in [2.05, 4.69) is 25.5 Å². The summed E-state index contributed by atoms with van der Waals surface area (Å²) in [5.41, 5.74) is 5.08. The lowest BCUT2D eigenvalue weighted by Crippen LogP contribution is -2.36. The summed E-state index contributed by atoms with van der Waals surface area (Å²) in [7, 11) is 0. The van der Waals surface area contributed by atoms with E-state index in [-0.39, 0.29) is 5.91 Å². The summed E-state index contributed by atoms with van der Waals surface area (Å²) in [6.07, 6.45) is 0. The first-order valence-electron chi connectivity index (χ1n) is 11.7. The van der Waals surface area contributed by atoms with Gasteiger partial charge in [0.1, 0.15) is 11.6 Å². The molecule has 0 aliphatic carbocycles. The van der Waals surface area contributed by atoms with Crippen molar-refractivity contribution in [3.63, 3.8) is 0 Å². The zero-order valence-corrected chi connectivity index (χ0v) is 19.6. The van der Waals surface area contributed by atoms with Crippen molar-refractivity contribution in [1.29, 1.82) is 0 Å². The first-order chi connectivity index (χ1) is 17.1. The number of nitrogens with one attached hydrogen (secondary N) is 2. The SMILES string of the molecule is Cc1nc(Nc2cccc(C(=O)Nc3ccc(N4CCOCC4)cc3)c2)cc(-c2ccccc2)n1. The molecule has 1 aliphatic heterocycles. The summed E-state index contributed by atoms with van der Waals surface area (Å²) in [4.78, 5) is 24.2. The first kappa shape index (κ1) is 22.6. The van der Waals surface area contributed by atoms with Crippen LogP contribution in [-0.4, -0.2) is 42.2 Å². The fraction of sp³-hybridized carbons (Fsp3) is 0.179. The van der Waals surface area contributed by atoms with Crippen LogP contribution in [0.1, 0.15) is 16.2 Å². The molecule has 3 aromatic carbocycles. The second-order valence-corrected chi connectivity index (χ2v) is 8.36. The van der Waals surface area contributed by atoms with Gasteiger partial charge in [0.05, 0.1) is 18.9 Å². The van der Waals surface area contributed by atoms with Crippen molar-refractivity contribution >= 4 is 28.8 Å². The Morgan fingerprint density at radius 2 is 1.63 bits per heavy atom. The number of nitrogens with zero attached hydrogens (tertiary/aromatic N) is 3. The molecule has 176 valence electrons. The summed E-state index contributed by atoms with van der Waals surface area (Å²) in [5.74, 6) is 1.17. The van der Waals surface area contributed by atoms with Crippen molar-refractivity contribution in [3.05, 3.63) is 96.3 Å². The fourth-order valence-corrected chi connectivity index (χ4v) is 4.05. The van der Waals surface area contributed by atoms with Crippen molar-refractivity contribution in [2.45, 2.75) is 6.92 Å². The Balaban J connectivity index is 1.28. The number of ether oxygens (including phenoxy) is 1. The van der Waals surface area contributed by atoms with E-state index in [0.717, 1.165) is 54.6 Å². The monoisotopic (exact) mass is 465 g/mol. The zero-order valence-electron chi connectivity index (χ0n) is 19.6. The largest absolute Gasteiger partial charge is 0.378 e. The molecule has 0 saturated carbocycles. The highest BCUT2D eigenvalue weighted by molar-refractivity contribution is 6.05. The Bertz CT molecular complexity index is 1300. The van der Waals surface area contributed by atoms with Gasteiger partial charge in [-0.15, -0.1) is 0 Å². The molecule has 7 heteroatoms. The maximum Gasteiger partial charge on any atom is 0.255 e. The third-order valence-electron chi connectivity index (χ3n) is 5.81.